The summed E-state index contributed by atoms with van der Waals surface area (Å²) in [6.07, 6.45) is 10.0. The minimum absolute atomic E-state index is 0.459. The van der Waals surface area contributed by atoms with Crippen molar-refractivity contribution >= 4 is 0 Å². The molecule has 0 saturated heterocycles. The molecular weight excluding hydrogens is 196 g/mol. The Kier molecular flexibility index (Phi) is 2.86. The molecule has 1 aliphatic heterocycles. The third-order valence-corrected chi connectivity index (χ3v) is 4.03. The number of fused-ring (bicyclic) bond motifs is 1. The molecule has 1 aromatic rings. The molecule has 86 valence electrons. The van der Waals surface area contributed by atoms with E-state index in [0.717, 1.165) is 18.1 Å². The first kappa shape index (κ1) is 10.2. The summed E-state index contributed by atoms with van der Waals surface area (Å²) < 4.78 is 6.01. The average molecular weight is 216 g/mol. The van der Waals surface area contributed by atoms with Crippen molar-refractivity contribution in [2.45, 2.75) is 51.0 Å². The van der Waals surface area contributed by atoms with Gasteiger partial charge in [-0.2, -0.15) is 0 Å². The van der Waals surface area contributed by atoms with Crippen LogP contribution in [0.1, 0.15) is 44.1 Å². The maximum absolute atomic E-state index is 6.01. The van der Waals surface area contributed by atoms with Gasteiger partial charge in [-0.05, 0) is 24.0 Å². The highest BCUT2D eigenvalue weighted by molar-refractivity contribution is 5.37. The maximum atomic E-state index is 6.01. The van der Waals surface area contributed by atoms with Gasteiger partial charge in [-0.15, -0.1) is 0 Å². The lowest BCUT2D eigenvalue weighted by Crippen LogP contribution is -2.19. The maximum Gasteiger partial charge on any atom is 0.123 e. The first-order valence-corrected chi connectivity index (χ1v) is 6.66. The molecule has 1 saturated carbocycles. The van der Waals surface area contributed by atoms with E-state index in [1.807, 2.05) is 0 Å². The second kappa shape index (κ2) is 4.48. The Bertz CT molecular complexity index is 327. The number of benzene rings is 1. The molecular formula is C15H20O. The van der Waals surface area contributed by atoms with E-state index in [2.05, 4.69) is 24.3 Å². The van der Waals surface area contributed by atoms with E-state index in [0.29, 0.717) is 6.10 Å². The molecule has 1 unspecified atom stereocenters. The second-order valence-electron chi connectivity index (χ2n) is 5.29. The highest BCUT2D eigenvalue weighted by atomic mass is 16.5. The average Bonchev–Trinajstić information content (AvgIpc) is 2.72. The molecule has 1 fully saturated rings. The van der Waals surface area contributed by atoms with Crippen molar-refractivity contribution in [2.24, 2.45) is 5.92 Å². The Morgan fingerprint density at radius 1 is 1.06 bits per heavy atom. The van der Waals surface area contributed by atoms with Crippen molar-refractivity contribution in [3.8, 4) is 5.75 Å². The van der Waals surface area contributed by atoms with Gasteiger partial charge >= 0.3 is 0 Å². The van der Waals surface area contributed by atoms with E-state index in [4.69, 9.17) is 4.74 Å². The van der Waals surface area contributed by atoms with E-state index in [1.54, 1.807) is 0 Å². The summed E-state index contributed by atoms with van der Waals surface area (Å²) in [5, 5.41) is 0. The largest absolute Gasteiger partial charge is 0.490 e. The van der Waals surface area contributed by atoms with Crippen molar-refractivity contribution in [3.05, 3.63) is 29.8 Å². The van der Waals surface area contributed by atoms with Gasteiger partial charge in [0.2, 0.25) is 0 Å². The number of rotatable bonds is 2. The van der Waals surface area contributed by atoms with Crippen LogP contribution < -0.4 is 4.74 Å². The molecule has 1 aromatic carbocycles. The molecule has 1 heterocycles. The molecule has 1 nitrogen and oxygen atoms in total. The minimum Gasteiger partial charge on any atom is -0.490 e. The smallest absolute Gasteiger partial charge is 0.123 e. The van der Waals surface area contributed by atoms with Crippen LogP contribution in [0.25, 0.3) is 0 Å². The molecule has 0 spiro atoms. The second-order valence-corrected chi connectivity index (χ2v) is 5.29. The van der Waals surface area contributed by atoms with Crippen LogP contribution in [0, 0.1) is 5.92 Å². The van der Waals surface area contributed by atoms with E-state index in [-0.39, 0.29) is 0 Å². The fourth-order valence-corrected chi connectivity index (χ4v) is 3.18. The van der Waals surface area contributed by atoms with Gasteiger partial charge in [0.05, 0.1) is 0 Å². The topological polar surface area (TPSA) is 9.23 Å². The van der Waals surface area contributed by atoms with Gasteiger partial charge in [-0.25, -0.2) is 0 Å². The molecule has 0 N–H and O–H groups in total. The van der Waals surface area contributed by atoms with Crippen molar-refractivity contribution in [1.82, 2.24) is 0 Å². The molecule has 0 bridgehead atoms. The molecule has 0 amide bonds. The highest BCUT2D eigenvalue weighted by Crippen LogP contribution is 2.34. The molecule has 16 heavy (non-hydrogen) atoms. The summed E-state index contributed by atoms with van der Waals surface area (Å²) >= 11 is 0. The van der Waals surface area contributed by atoms with Crippen molar-refractivity contribution in [2.75, 3.05) is 0 Å². The lowest BCUT2D eigenvalue weighted by atomic mass is 9.85. The number of hydrogen-bond acceptors (Lipinski definition) is 1. The Morgan fingerprint density at radius 2 is 1.88 bits per heavy atom. The first-order chi connectivity index (χ1) is 7.92. The zero-order valence-corrected chi connectivity index (χ0v) is 9.82. The third-order valence-electron chi connectivity index (χ3n) is 4.03. The Morgan fingerprint density at radius 3 is 2.69 bits per heavy atom. The van der Waals surface area contributed by atoms with E-state index in [9.17, 15) is 0 Å². The number of hydrogen-bond donors (Lipinski definition) is 0. The standard InChI is InChI=1S/C15H20O/c1-2-6-12(7-3-1)10-14-11-13-8-4-5-9-15(13)16-14/h4-5,8-9,12,14H,1-3,6-7,10-11H2. The highest BCUT2D eigenvalue weighted by Gasteiger charge is 2.26. The molecule has 3 rings (SSSR count). The summed E-state index contributed by atoms with van der Waals surface area (Å²) in [5.41, 5.74) is 1.41. The Hall–Kier alpha value is -0.980. The molecule has 1 atom stereocenters. The van der Waals surface area contributed by atoms with Crippen LogP contribution >= 0.6 is 0 Å². The zero-order valence-electron chi connectivity index (χ0n) is 9.82. The minimum atomic E-state index is 0.459. The predicted molar refractivity (Wildman–Crippen MR) is 65.8 cm³/mol. The first-order valence-electron chi connectivity index (χ1n) is 6.66. The van der Waals surface area contributed by atoms with Gasteiger partial charge in [0.15, 0.2) is 0 Å². The molecule has 0 radical (unpaired) electrons. The van der Waals surface area contributed by atoms with Gasteiger partial charge < -0.3 is 4.74 Å². The van der Waals surface area contributed by atoms with E-state index < -0.39 is 0 Å². The monoisotopic (exact) mass is 216 g/mol. The fraction of sp³-hybridized carbons (Fsp3) is 0.600. The van der Waals surface area contributed by atoms with Gasteiger partial charge in [0.25, 0.3) is 0 Å². The fourth-order valence-electron chi connectivity index (χ4n) is 3.18. The summed E-state index contributed by atoms with van der Waals surface area (Å²) in [6, 6.07) is 8.50. The summed E-state index contributed by atoms with van der Waals surface area (Å²) in [5.74, 6) is 2.05. The third kappa shape index (κ3) is 2.09. The Balaban J connectivity index is 1.59. The van der Waals surface area contributed by atoms with Crippen LogP contribution in [0.15, 0.2) is 24.3 Å². The quantitative estimate of drug-likeness (QED) is 0.727. The Labute approximate surface area is 97.8 Å². The molecule has 1 aliphatic carbocycles. The summed E-state index contributed by atoms with van der Waals surface area (Å²) in [4.78, 5) is 0. The van der Waals surface area contributed by atoms with E-state index in [1.165, 1.54) is 44.1 Å². The van der Waals surface area contributed by atoms with E-state index >= 15 is 0 Å². The van der Waals surface area contributed by atoms with Crippen molar-refractivity contribution in [1.29, 1.82) is 0 Å². The van der Waals surface area contributed by atoms with Gasteiger partial charge in [0.1, 0.15) is 11.9 Å². The summed E-state index contributed by atoms with van der Waals surface area (Å²) in [7, 11) is 0. The number of para-hydroxylation sites is 1. The van der Waals surface area contributed by atoms with Crippen LogP contribution in [-0.4, -0.2) is 6.10 Å². The van der Waals surface area contributed by atoms with Crippen LogP contribution in [0.4, 0.5) is 0 Å². The zero-order chi connectivity index (χ0) is 10.8. The normalized spacial score (nSPS) is 25.1. The predicted octanol–water partition coefficient (Wildman–Crippen LogP) is 3.96. The van der Waals surface area contributed by atoms with Crippen LogP contribution in [0.5, 0.6) is 5.75 Å². The molecule has 0 aromatic heterocycles. The van der Waals surface area contributed by atoms with Crippen LogP contribution in [0.3, 0.4) is 0 Å². The number of ether oxygens (including phenoxy) is 1. The lowest BCUT2D eigenvalue weighted by molar-refractivity contribution is 0.175. The SMILES string of the molecule is c1ccc2c(c1)CC(CC1CCCCC1)O2. The van der Waals surface area contributed by atoms with Gasteiger partial charge in [-0.3, -0.25) is 0 Å². The van der Waals surface area contributed by atoms with Crippen LogP contribution in [0.2, 0.25) is 0 Å². The summed E-state index contributed by atoms with van der Waals surface area (Å²) in [6.45, 7) is 0. The lowest BCUT2D eigenvalue weighted by Gasteiger charge is -2.24. The van der Waals surface area contributed by atoms with Crippen molar-refractivity contribution in [3.63, 3.8) is 0 Å². The van der Waals surface area contributed by atoms with Crippen LogP contribution in [-0.2, 0) is 6.42 Å². The molecule has 1 heteroatoms. The molecule has 2 aliphatic rings. The van der Waals surface area contributed by atoms with Gasteiger partial charge in [0, 0.05) is 6.42 Å². The van der Waals surface area contributed by atoms with Crippen molar-refractivity contribution < 1.29 is 4.74 Å². The van der Waals surface area contributed by atoms with Gasteiger partial charge in [-0.1, -0.05) is 50.3 Å².